The molecule has 0 saturated heterocycles. The van der Waals surface area contributed by atoms with Crippen LogP contribution >= 0.6 is 11.8 Å². The fourth-order valence-corrected chi connectivity index (χ4v) is 14.9. The Labute approximate surface area is 524 Å². The first-order valence-corrected chi connectivity index (χ1v) is 29.9. The number of benzene rings is 12. The topological polar surface area (TPSA) is 16.2 Å². The molecule has 92 heavy (non-hydrogen) atoms. The first-order chi connectivity index (χ1) is 44.6. The third-order valence-corrected chi connectivity index (χ3v) is 18.6. The van der Waals surface area contributed by atoms with Gasteiger partial charge in [0.05, 0.1) is 22.6 Å². The Bertz CT molecular complexity index is 4960. The number of anilines is 15. The van der Waals surface area contributed by atoms with Crippen LogP contribution in [-0.2, 0) is 6.18 Å². The van der Waals surface area contributed by atoms with Gasteiger partial charge in [-0.05, 0) is 161 Å². The van der Waals surface area contributed by atoms with Crippen molar-refractivity contribution in [2.24, 2.45) is 0 Å². The van der Waals surface area contributed by atoms with Crippen LogP contribution in [0.15, 0.2) is 252 Å². The van der Waals surface area contributed by atoms with Gasteiger partial charge in [0.2, 0.25) is 6.71 Å². The molecule has 0 saturated carbocycles. The molecule has 0 aromatic heterocycles. The number of fused-ring (bicyclic) bond motifs is 8. The van der Waals surface area contributed by atoms with Crippen LogP contribution < -0.4 is 57.3 Å². The highest BCUT2D eigenvalue weighted by Gasteiger charge is 2.50. The molecule has 0 N–H and O–H groups in total. The molecule has 0 spiro atoms. The van der Waals surface area contributed by atoms with Crippen molar-refractivity contribution in [3.05, 3.63) is 295 Å². The smallest absolute Gasteiger partial charge is 0.308 e. The van der Waals surface area contributed by atoms with E-state index < -0.39 is 88.8 Å². The number of alkyl halides is 3. The molecular weight excluding hydrogens is 1210 g/mol. The van der Waals surface area contributed by atoms with Crippen molar-refractivity contribution >= 4 is 143 Å². The van der Waals surface area contributed by atoms with Gasteiger partial charge in [0.1, 0.15) is 57.8 Å². The van der Waals surface area contributed by atoms with E-state index in [1.165, 1.54) is 62.1 Å². The van der Waals surface area contributed by atoms with Crippen molar-refractivity contribution < 1.29 is 48.3 Å². The van der Waals surface area contributed by atoms with Crippen molar-refractivity contribution in [3.63, 3.8) is 0 Å². The molecule has 12 aromatic carbocycles. The van der Waals surface area contributed by atoms with Crippen LogP contribution in [0.3, 0.4) is 0 Å². The summed E-state index contributed by atoms with van der Waals surface area (Å²) >= 11 is 0.941. The molecule has 0 aliphatic carbocycles. The van der Waals surface area contributed by atoms with Crippen LogP contribution in [0.2, 0.25) is 0 Å². The number of hydrogen-bond donors (Lipinski definition) is 0. The van der Waals surface area contributed by atoms with Crippen LogP contribution in [0, 0.1) is 46.5 Å². The molecule has 446 valence electrons. The first kappa shape index (κ1) is 56.6. The molecule has 0 radical (unpaired) electrons. The third kappa shape index (κ3) is 8.72. The van der Waals surface area contributed by atoms with Crippen molar-refractivity contribution in [2.75, 3.05) is 24.5 Å². The van der Waals surface area contributed by atoms with Gasteiger partial charge in [-0.15, -0.1) is 0 Å². The summed E-state index contributed by atoms with van der Waals surface area (Å²) in [5, 5.41) is 0. The highest BCUT2D eigenvalue weighted by atomic mass is 32.2. The minimum absolute atomic E-state index is 0.0150. The fourth-order valence-electron chi connectivity index (χ4n) is 13.7. The van der Waals surface area contributed by atoms with Crippen molar-refractivity contribution in [2.45, 2.75) is 16.0 Å². The van der Waals surface area contributed by atoms with Gasteiger partial charge in [-0.1, -0.05) is 126 Å². The third-order valence-electron chi connectivity index (χ3n) is 17.4. The number of nitrogens with zero attached hydrogens (tertiary/aromatic N) is 5. The van der Waals surface area contributed by atoms with Gasteiger partial charge < -0.3 is 24.5 Å². The summed E-state index contributed by atoms with van der Waals surface area (Å²) in [4.78, 5) is 7.56. The van der Waals surface area contributed by atoms with Crippen LogP contribution in [0.25, 0.3) is 0 Å². The van der Waals surface area contributed by atoms with Crippen molar-refractivity contribution in [1.29, 1.82) is 0 Å². The van der Waals surface area contributed by atoms with Gasteiger partial charge in [-0.2, -0.15) is 13.2 Å². The fraction of sp³-hybridized carbons (Fsp3) is 0.0137. The molecule has 0 unspecified atom stereocenters. The molecule has 5 nitrogen and oxygen atoms in total. The number of halogens is 11. The maximum absolute atomic E-state index is 20.0. The molecule has 4 aliphatic heterocycles. The summed E-state index contributed by atoms with van der Waals surface area (Å²) in [6, 6.07) is 59.5. The maximum Gasteiger partial charge on any atom is 0.416 e. The number of para-hydroxylation sites is 8. The monoisotopic (exact) mass is 1250 g/mol. The molecule has 0 atom stereocenters. The zero-order valence-corrected chi connectivity index (χ0v) is 48.4. The second-order valence-electron chi connectivity index (χ2n) is 22.5. The zero-order chi connectivity index (χ0) is 63.0. The van der Waals surface area contributed by atoms with Gasteiger partial charge in [0.15, 0.2) is 5.82 Å². The van der Waals surface area contributed by atoms with E-state index >= 15 is 35.1 Å². The van der Waals surface area contributed by atoms with Gasteiger partial charge in [0.25, 0.3) is 6.71 Å². The summed E-state index contributed by atoms with van der Waals surface area (Å²) in [6.07, 6.45) is -4.81. The highest BCUT2D eigenvalue weighted by molar-refractivity contribution is 8.00. The van der Waals surface area contributed by atoms with Crippen molar-refractivity contribution in [3.8, 4) is 0 Å². The number of rotatable bonds is 9. The predicted octanol–water partition coefficient (Wildman–Crippen LogP) is 17.6. The Hall–Kier alpha value is -10.7. The first-order valence-electron chi connectivity index (χ1n) is 29.1. The lowest BCUT2D eigenvalue weighted by Gasteiger charge is -2.46. The molecule has 16 rings (SSSR count). The summed E-state index contributed by atoms with van der Waals surface area (Å²) in [5.41, 5.74) is 1.83. The molecule has 0 fully saturated rings. The SMILES string of the molecule is Fc1ccccc1N(c1ccccc1)c1cc2c3c(c1)N(c1c(F)cccc1F)c1ccccc1B3c1cc3c(c(F)c1N2c1ccc(C(F)(F)F)cc1)Sc1cc(N(c2ccccc2)c2c(F)cccc2F)cc2c1B3c1ccccc1N2c1c(F)cccc1F. The maximum atomic E-state index is 20.0. The van der Waals surface area contributed by atoms with E-state index in [9.17, 15) is 13.2 Å². The Balaban J connectivity index is 1.03. The Morgan fingerprint density at radius 2 is 0.783 bits per heavy atom. The summed E-state index contributed by atoms with van der Waals surface area (Å²) in [5.74, 6) is -7.21. The lowest BCUT2D eigenvalue weighted by Crippen LogP contribution is -2.65. The zero-order valence-electron chi connectivity index (χ0n) is 47.6. The Kier molecular flexibility index (Phi) is 13.2. The lowest BCUT2D eigenvalue weighted by molar-refractivity contribution is -0.137. The summed E-state index contributed by atoms with van der Waals surface area (Å²) in [6.45, 7) is -2.02. The molecule has 19 heteroatoms. The molecule has 4 aliphatic rings. The van der Waals surface area contributed by atoms with Gasteiger partial charge in [-0.3, -0.25) is 0 Å². The average molecular weight is 1250 g/mol. The normalized spacial score (nSPS) is 13.2. The van der Waals surface area contributed by atoms with E-state index in [-0.39, 0.29) is 72.9 Å². The van der Waals surface area contributed by atoms with E-state index in [0.717, 1.165) is 60.3 Å². The van der Waals surface area contributed by atoms with Crippen molar-refractivity contribution in [1.82, 2.24) is 0 Å². The van der Waals surface area contributed by atoms with Gasteiger partial charge in [0, 0.05) is 61.0 Å². The second-order valence-corrected chi connectivity index (χ2v) is 23.5. The number of hydrogen-bond acceptors (Lipinski definition) is 6. The van der Waals surface area contributed by atoms with Gasteiger partial charge in [-0.25, -0.2) is 35.1 Å². The molecule has 0 amide bonds. The molecule has 4 heterocycles. The standard InChI is InChI=1S/C73H40B2F11N5S/c76-51-22-9-12-31-60(51)87(42-16-3-1-4-17-42)45-36-61-65-62(37-45)90(70-54(79)25-14-26-55(70)80)58-29-10-7-20-47(58)74(65)49-40-50-72(67(83)68(49)89(61)44-34-32-41(33-35-44)73(84,85)86)92-64-39-46(88(43-18-5-2-6-19-43)69-52(77)23-13-24-53(69)78)38-63-66(64)75(50)48-21-8-11-30-59(48)91(63)71-56(81)27-15-28-57(71)82/h1-40H. The van der Waals surface area contributed by atoms with Crippen LogP contribution in [0.5, 0.6) is 0 Å². The van der Waals surface area contributed by atoms with E-state index in [1.807, 2.05) is 6.07 Å². The minimum Gasteiger partial charge on any atom is -0.308 e. The van der Waals surface area contributed by atoms with E-state index in [4.69, 9.17) is 0 Å². The molecule has 0 bridgehead atoms. The average Bonchev–Trinajstić information content (AvgIpc) is 0.689. The van der Waals surface area contributed by atoms with E-state index in [1.54, 1.807) is 150 Å². The predicted molar refractivity (Wildman–Crippen MR) is 344 cm³/mol. The van der Waals surface area contributed by atoms with Crippen LogP contribution in [0.1, 0.15) is 5.56 Å². The summed E-state index contributed by atoms with van der Waals surface area (Å²) in [7, 11) is 0. The van der Waals surface area contributed by atoms with Crippen LogP contribution in [-0.4, -0.2) is 13.4 Å². The van der Waals surface area contributed by atoms with E-state index in [0.29, 0.717) is 37.9 Å². The Morgan fingerprint density at radius 1 is 0.337 bits per heavy atom. The molecular formula is C73H40B2F11N5S. The van der Waals surface area contributed by atoms with Gasteiger partial charge >= 0.3 is 6.18 Å². The molecule has 12 aromatic rings. The van der Waals surface area contributed by atoms with Crippen LogP contribution in [0.4, 0.5) is 134 Å². The summed E-state index contributed by atoms with van der Waals surface area (Å²) < 4.78 is 181. The highest BCUT2D eigenvalue weighted by Crippen LogP contribution is 2.53. The lowest BCUT2D eigenvalue weighted by atomic mass is 9.31. The quantitative estimate of drug-likeness (QED) is 0.105. The second kappa shape index (κ2) is 21.5. The Morgan fingerprint density at radius 3 is 1.33 bits per heavy atom. The minimum atomic E-state index is -4.81. The van der Waals surface area contributed by atoms with E-state index in [2.05, 4.69) is 0 Å². The largest absolute Gasteiger partial charge is 0.416 e.